The molecule has 2 heterocycles. The first-order chi connectivity index (χ1) is 7.34. The van der Waals surface area contributed by atoms with Crippen molar-refractivity contribution in [3.63, 3.8) is 0 Å². The van der Waals surface area contributed by atoms with Gasteiger partial charge in [-0.15, -0.1) is 11.3 Å². The fourth-order valence-electron chi connectivity index (χ4n) is 1.67. The zero-order valence-corrected chi connectivity index (χ0v) is 10.2. The lowest BCUT2D eigenvalue weighted by atomic mass is 10.2. The number of amides is 1. The molecular weight excluding hydrogens is 226 g/mol. The lowest BCUT2D eigenvalue weighted by Crippen LogP contribution is -2.30. The summed E-state index contributed by atoms with van der Waals surface area (Å²) < 4.78 is 0. The van der Waals surface area contributed by atoms with E-state index in [1.54, 1.807) is 11.3 Å². The predicted molar refractivity (Wildman–Crippen MR) is 66.5 cm³/mol. The van der Waals surface area contributed by atoms with Crippen molar-refractivity contribution in [3.8, 4) is 0 Å². The second-order valence-electron chi connectivity index (χ2n) is 3.70. The fourth-order valence-corrected chi connectivity index (χ4v) is 3.57. The van der Waals surface area contributed by atoms with Gasteiger partial charge < -0.3 is 5.32 Å². The van der Waals surface area contributed by atoms with Crippen molar-refractivity contribution in [1.29, 1.82) is 0 Å². The molecule has 0 spiro atoms. The van der Waals surface area contributed by atoms with Crippen LogP contribution in [-0.2, 0) is 11.2 Å². The summed E-state index contributed by atoms with van der Waals surface area (Å²) in [7, 11) is 0. The summed E-state index contributed by atoms with van der Waals surface area (Å²) in [5, 5.41) is 5.67. The Labute approximate surface area is 98.5 Å². The van der Waals surface area contributed by atoms with Crippen LogP contribution in [0, 0.1) is 0 Å². The van der Waals surface area contributed by atoms with Crippen LogP contribution in [0.3, 0.4) is 0 Å². The molecule has 1 aromatic rings. The minimum absolute atomic E-state index is 0.157. The monoisotopic (exact) mass is 241 g/mol. The van der Waals surface area contributed by atoms with Crippen molar-refractivity contribution in [1.82, 2.24) is 5.32 Å². The molecule has 2 rings (SSSR count). The van der Waals surface area contributed by atoms with Crippen LogP contribution in [0.15, 0.2) is 17.5 Å². The van der Waals surface area contributed by atoms with Crippen LogP contribution in [0.5, 0.6) is 0 Å². The normalized spacial score (nSPS) is 20.4. The van der Waals surface area contributed by atoms with Gasteiger partial charge in [-0.3, -0.25) is 4.79 Å². The van der Waals surface area contributed by atoms with E-state index in [1.807, 2.05) is 29.3 Å². The molecule has 0 unspecified atom stereocenters. The van der Waals surface area contributed by atoms with E-state index in [0.717, 1.165) is 11.4 Å². The third kappa shape index (κ3) is 3.54. The Kier molecular flexibility index (Phi) is 4.09. The number of rotatable bonds is 4. The van der Waals surface area contributed by atoms with Crippen LogP contribution in [0.1, 0.15) is 17.7 Å². The molecule has 1 N–H and O–H groups in total. The van der Waals surface area contributed by atoms with E-state index in [4.69, 9.17) is 0 Å². The van der Waals surface area contributed by atoms with Crippen LogP contribution in [0.4, 0.5) is 0 Å². The molecule has 1 aromatic heterocycles. The van der Waals surface area contributed by atoms with E-state index in [0.29, 0.717) is 11.7 Å². The number of nitrogens with one attached hydrogen (secondary N) is 1. The largest absolute Gasteiger partial charge is 0.355 e. The highest BCUT2D eigenvalue weighted by Crippen LogP contribution is 2.25. The van der Waals surface area contributed by atoms with Gasteiger partial charge in [0.1, 0.15) is 0 Å². The quantitative estimate of drug-likeness (QED) is 0.876. The molecule has 1 aliphatic rings. The van der Waals surface area contributed by atoms with Gasteiger partial charge in [-0.05, 0) is 30.0 Å². The standard InChI is InChI=1S/C11H15NOS2/c13-11(7-9-3-1-5-14-9)12-8-10-4-2-6-15-10/h1,3,5,10H,2,4,6-8H2,(H,12,13)/t10-/m0/s1. The second kappa shape index (κ2) is 5.56. The van der Waals surface area contributed by atoms with E-state index in [-0.39, 0.29) is 5.91 Å². The zero-order chi connectivity index (χ0) is 10.5. The molecule has 0 radical (unpaired) electrons. The van der Waals surface area contributed by atoms with Gasteiger partial charge in [-0.25, -0.2) is 0 Å². The van der Waals surface area contributed by atoms with Crippen molar-refractivity contribution >= 4 is 29.0 Å². The number of carbonyl (C=O) groups is 1. The summed E-state index contributed by atoms with van der Waals surface area (Å²) in [5.41, 5.74) is 0. The third-order valence-electron chi connectivity index (χ3n) is 2.47. The lowest BCUT2D eigenvalue weighted by molar-refractivity contribution is -0.120. The van der Waals surface area contributed by atoms with E-state index in [1.165, 1.54) is 18.6 Å². The molecule has 1 aliphatic heterocycles. The zero-order valence-electron chi connectivity index (χ0n) is 8.57. The first kappa shape index (κ1) is 11.0. The molecule has 15 heavy (non-hydrogen) atoms. The third-order valence-corrected chi connectivity index (χ3v) is 4.74. The average Bonchev–Trinajstić information content (AvgIpc) is 2.86. The van der Waals surface area contributed by atoms with Crippen LogP contribution >= 0.6 is 23.1 Å². The molecule has 0 aliphatic carbocycles. The molecule has 0 aromatic carbocycles. The molecule has 1 fully saturated rings. The minimum Gasteiger partial charge on any atom is -0.355 e. The molecule has 0 saturated carbocycles. The molecule has 0 bridgehead atoms. The van der Waals surface area contributed by atoms with Gasteiger partial charge in [0, 0.05) is 16.7 Å². The van der Waals surface area contributed by atoms with Crippen LogP contribution in [0.25, 0.3) is 0 Å². The fraction of sp³-hybridized carbons (Fsp3) is 0.545. The van der Waals surface area contributed by atoms with E-state index in [2.05, 4.69) is 5.32 Å². The van der Waals surface area contributed by atoms with Crippen LogP contribution in [-0.4, -0.2) is 23.5 Å². The summed E-state index contributed by atoms with van der Waals surface area (Å²) in [6.07, 6.45) is 3.09. The van der Waals surface area contributed by atoms with Gasteiger partial charge in [0.2, 0.25) is 5.91 Å². The Balaban J connectivity index is 1.68. The molecule has 82 valence electrons. The summed E-state index contributed by atoms with van der Waals surface area (Å²) in [6.45, 7) is 0.842. The van der Waals surface area contributed by atoms with Crippen LogP contribution < -0.4 is 5.32 Å². The number of thiophene rings is 1. The second-order valence-corrected chi connectivity index (χ2v) is 6.14. The van der Waals surface area contributed by atoms with Gasteiger partial charge in [0.15, 0.2) is 0 Å². The predicted octanol–water partition coefficient (Wildman–Crippen LogP) is 2.30. The van der Waals surface area contributed by atoms with Gasteiger partial charge in [-0.2, -0.15) is 11.8 Å². The average molecular weight is 241 g/mol. The van der Waals surface area contributed by atoms with E-state index < -0.39 is 0 Å². The Bertz CT molecular complexity index is 304. The van der Waals surface area contributed by atoms with Crippen LogP contribution in [0.2, 0.25) is 0 Å². The Morgan fingerprint density at radius 3 is 3.20 bits per heavy atom. The highest BCUT2D eigenvalue weighted by atomic mass is 32.2. The van der Waals surface area contributed by atoms with E-state index in [9.17, 15) is 4.79 Å². The van der Waals surface area contributed by atoms with Crippen molar-refractivity contribution in [2.75, 3.05) is 12.3 Å². The van der Waals surface area contributed by atoms with Crippen molar-refractivity contribution in [3.05, 3.63) is 22.4 Å². The molecule has 4 heteroatoms. The smallest absolute Gasteiger partial charge is 0.225 e. The summed E-state index contributed by atoms with van der Waals surface area (Å²) in [4.78, 5) is 12.7. The van der Waals surface area contributed by atoms with Crippen molar-refractivity contribution in [2.45, 2.75) is 24.5 Å². The Hall–Kier alpha value is -0.480. The maximum absolute atomic E-state index is 11.6. The van der Waals surface area contributed by atoms with Crippen molar-refractivity contribution in [2.24, 2.45) is 0 Å². The minimum atomic E-state index is 0.157. The maximum atomic E-state index is 11.6. The lowest BCUT2D eigenvalue weighted by Gasteiger charge is -2.09. The molecule has 1 amide bonds. The first-order valence-electron chi connectivity index (χ1n) is 5.25. The topological polar surface area (TPSA) is 29.1 Å². The van der Waals surface area contributed by atoms with Gasteiger partial charge in [0.05, 0.1) is 6.42 Å². The highest BCUT2D eigenvalue weighted by molar-refractivity contribution is 8.00. The number of thioether (sulfide) groups is 1. The number of hydrogen-bond donors (Lipinski definition) is 1. The summed E-state index contributed by atoms with van der Waals surface area (Å²) >= 11 is 3.62. The van der Waals surface area contributed by atoms with Gasteiger partial charge in [-0.1, -0.05) is 6.07 Å². The number of hydrogen-bond acceptors (Lipinski definition) is 3. The van der Waals surface area contributed by atoms with Gasteiger partial charge >= 0.3 is 0 Å². The van der Waals surface area contributed by atoms with Crippen molar-refractivity contribution < 1.29 is 4.79 Å². The SMILES string of the molecule is O=C(Cc1cccs1)NC[C@@H]1CCCS1. The summed E-state index contributed by atoms with van der Waals surface area (Å²) in [5.74, 6) is 1.41. The molecular formula is C11H15NOS2. The molecule has 1 saturated heterocycles. The first-order valence-corrected chi connectivity index (χ1v) is 7.18. The Morgan fingerprint density at radius 2 is 2.53 bits per heavy atom. The highest BCUT2D eigenvalue weighted by Gasteiger charge is 2.16. The summed E-state index contributed by atoms with van der Waals surface area (Å²) in [6, 6.07) is 3.99. The molecule has 1 atom stereocenters. The maximum Gasteiger partial charge on any atom is 0.225 e. The Morgan fingerprint density at radius 1 is 1.60 bits per heavy atom. The number of carbonyl (C=O) groups excluding carboxylic acids is 1. The van der Waals surface area contributed by atoms with E-state index >= 15 is 0 Å². The van der Waals surface area contributed by atoms with Gasteiger partial charge in [0.25, 0.3) is 0 Å². The molecule has 2 nitrogen and oxygen atoms in total.